The first kappa shape index (κ1) is 15.2. The molecule has 1 N–H and O–H groups in total. The molecule has 0 radical (unpaired) electrons. The number of nitrogens with zero attached hydrogens (tertiary/aromatic N) is 4. The monoisotopic (exact) mass is 329 g/mol. The second kappa shape index (κ2) is 6.17. The average Bonchev–Trinajstić information content (AvgIpc) is 2.90. The highest BCUT2D eigenvalue weighted by Gasteiger charge is 2.14. The third-order valence-electron chi connectivity index (χ3n) is 3.26. The fraction of sp³-hybridized carbons (Fsp3) is 0.200. The van der Waals surface area contributed by atoms with Crippen LogP contribution in [0.25, 0.3) is 10.2 Å². The average molecular weight is 329 g/mol. The van der Waals surface area contributed by atoms with Crippen LogP contribution in [0.2, 0.25) is 0 Å². The van der Waals surface area contributed by atoms with E-state index in [2.05, 4.69) is 15.3 Å². The zero-order valence-electron chi connectivity index (χ0n) is 12.7. The summed E-state index contributed by atoms with van der Waals surface area (Å²) in [4.78, 5) is 35.2. The van der Waals surface area contributed by atoms with Crippen LogP contribution in [-0.2, 0) is 6.54 Å². The van der Waals surface area contributed by atoms with Gasteiger partial charge in [0.1, 0.15) is 10.6 Å². The molecule has 0 saturated carbocycles. The Bertz CT molecular complexity index is 898. The van der Waals surface area contributed by atoms with Gasteiger partial charge >= 0.3 is 6.03 Å². The van der Waals surface area contributed by atoms with Crippen molar-refractivity contribution in [2.24, 2.45) is 0 Å². The Hall–Kier alpha value is -2.74. The highest BCUT2D eigenvalue weighted by Crippen LogP contribution is 2.12. The molecule has 23 heavy (non-hydrogen) atoms. The smallest absolute Gasteiger partial charge is 0.338 e. The van der Waals surface area contributed by atoms with Gasteiger partial charge in [-0.1, -0.05) is 6.07 Å². The van der Waals surface area contributed by atoms with Crippen LogP contribution < -0.4 is 15.8 Å². The number of hydrogen-bond donors (Lipinski definition) is 1. The molecule has 0 aliphatic rings. The van der Waals surface area contributed by atoms with Gasteiger partial charge in [-0.05, 0) is 35.3 Å². The lowest BCUT2D eigenvalue weighted by molar-refractivity contribution is 0.243. The molecule has 3 rings (SSSR count). The Labute approximate surface area is 136 Å². The van der Waals surface area contributed by atoms with Gasteiger partial charge in [0.05, 0.1) is 5.39 Å². The molecule has 0 fully saturated rings. The van der Waals surface area contributed by atoms with Crippen LogP contribution in [0.3, 0.4) is 0 Å². The van der Waals surface area contributed by atoms with Gasteiger partial charge in [-0.3, -0.25) is 4.79 Å². The number of aromatic nitrogens is 3. The van der Waals surface area contributed by atoms with E-state index in [4.69, 9.17) is 0 Å². The van der Waals surface area contributed by atoms with Gasteiger partial charge in [0, 0.05) is 33.0 Å². The molecule has 0 aromatic carbocycles. The molecule has 118 valence electrons. The highest BCUT2D eigenvalue weighted by atomic mass is 32.1. The molecule has 3 aromatic rings. The Morgan fingerprint density at radius 3 is 2.78 bits per heavy atom. The van der Waals surface area contributed by atoms with Crippen molar-refractivity contribution in [3.8, 4) is 0 Å². The summed E-state index contributed by atoms with van der Waals surface area (Å²) in [5.41, 5.74) is 0.507. The molecule has 8 heteroatoms. The van der Waals surface area contributed by atoms with E-state index in [-0.39, 0.29) is 5.56 Å². The second-order valence-corrected chi connectivity index (χ2v) is 6.06. The molecule has 1 amide bonds. The topological polar surface area (TPSA) is 80.1 Å². The third kappa shape index (κ3) is 3.07. The van der Waals surface area contributed by atoms with Crippen molar-refractivity contribution in [2.45, 2.75) is 6.54 Å². The number of nitrogens with one attached hydrogen (secondary N) is 1. The number of carbonyl (C=O) groups is 1. The predicted octanol–water partition coefficient (Wildman–Crippen LogP) is 1.68. The van der Waals surface area contributed by atoms with Gasteiger partial charge in [0.15, 0.2) is 0 Å². The summed E-state index contributed by atoms with van der Waals surface area (Å²) >= 11 is 1.03. The number of rotatable bonds is 3. The largest absolute Gasteiger partial charge is 0.363 e. The number of pyridine rings is 2. The molecule has 7 nitrogen and oxygen atoms in total. The van der Waals surface area contributed by atoms with Gasteiger partial charge in [-0.15, -0.1) is 0 Å². The summed E-state index contributed by atoms with van der Waals surface area (Å²) in [6, 6.07) is 6.63. The highest BCUT2D eigenvalue weighted by molar-refractivity contribution is 7.14. The van der Waals surface area contributed by atoms with Crippen molar-refractivity contribution in [1.29, 1.82) is 0 Å². The summed E-state index contributed by atoms with van der Waals surface area (Å²) in [6.07, 6.45) is 3.29. The van der Waals surface area contributed by atoms with E-state index in [9.17, 15) is 9.59 Å². The van der Waals surface area contributed by atoms with E-state index in [1.54, 1.807) is 24.5 Å². The lowest BCUT2D eigenvalue weighted by Gasteiger charge is -2.11. The fourth-order valence-electron chi connectivity index (χ4n) is 2.03. The number of amides is 1. The van der Waals surface area contributed by atoms with Gasteiger partial charge < -0.3 is 10.2 Å². The number of anilines is 1. The van der Waals surface area contributed by atoms with Crippen LogP contribution in [0.4, 0.5) is 10.6 Å². The van der Waals surface area contributed by atoms with E-state index < -0.39 is 6.03 Å². The van der Waals surface area contributed by atoms with Crippen LogP contribution >= 0.6 is 11.5 Å². The van der Waals surface area contributed by atoms with Crippen LogP contribution in [0.1, 0.15) is 5.56 Å². The second-order valence-electron chi connectivity index (χ2n) is 5.12. The minimum Gasteiger partial charge on any atom is -0.363 e. The minimum absolute atomic E-state index is 0.299. The van der Waals surface area contributed by atoms with Crippen LogP contribution in [0.15, 0.2) is 41.5 Å². The maximum atomic E-state index is 12.2. The van der Waals surface area contributed by atoms with Crippen molar-refractivity contribution in [3.05, 3.63) is 52.6 Å². The maximum Gasteiger partial charge on any atom is 0.338 e. The summed E-state index contributed by atoms with van der Waals surface area (Å²) in [5.74, 6) is 0.840. The van der Waals surface area contributed by atoms with Gasteiger partial charge in [-0.2, -0.15) is 3.96 Å². The quantitative estimate of drug-likeness (QED) is 0.791. The summed E-state index contributed by atoms with van der Waals surface area (Å²) in [7, 11) is 3.82. The molecule has 0 atom stereocenters. The van der Waals surface area contributed by atoms with Gasteiger partial charge in [0.2, 0.25) is 0 Å². The van der Waals surface area contributed by atoms with Crippen molar-refractivity contribution in [2.75, 3.05) is 19.0 Å². The molecule has 3 aromatic heterocycles. The zero-order chi connectivity index (χ0) is 16.4. The molecular formula is C15H15N5O2S. The molecule has 0 bridgehead atoms. The molecular weight excluding hydrogens is 314 g/mol. The Balaban J connectivity index is 1.73. The number of fused-ring (bicyclic) bond motifs is 1. The lowest BCUT2D eigenvalue weighted by atomic mass is 10.3. The van der Waals surface area contributed by atoms with E-state index in [1.807, 2.05) is 31.1 Å². The van der Waals surface area contributed by atoms with E-state index in [1.165, 1.54) is 0 Å². The molecule has 0 saturated heterocycles. The Kier molecular flexibility index (Phi) is 4.07. The first-order chi connectivity index (χ1) is 11.1. The predicted molar refractivity (Wildman–Crippen MR) is 90.1 cm³/mol. The molecule has 0 unspecified atom stereocenters. The summed E-state index contributed by atoms with van der Waals surface area (Å²) in [5, 5.41) is 3.17. The zero-order valence-corrected chi connectivity index (χ0v) is 13.5. The molecule has 3 heterocycles. The third-order valence-corrected chi connectivity index (χ3v) is 4.27. The van der Waals surface area contributed by atoms with Crippen molar-refractivity contribution < 1.29 is 4.79 Å². The van der Waals surface area contributed by atoms with Gasteiger partial charge in [0.25, 0.3) is 5.56 Å². The molecule has 0 spiro atoms. The number of carbonyl (C=O) groups excluding carboxylic acids is 1. The SMILES string of the molecule is CN(C)c1ccc(CNC(=O)n2sc3ncccc3c2=O)cn1. The molecule has 0 aliphatic heterocycles. The van der Waals surface area contributed by atoms with Crippen molar-refractivity contribution in [1.82, 2.24) is 19.2 Å². The van der Waals surface area contributed by atoms with E-state index in [0.29, 0.717) is 16.8 Å². The van der Waals surface area contributed by atoms with E-state index >= 15 is 0 Å². The van der Waals surface area contributed by atoms with Crippen molar-refractivity contribution in [3.63, 3.8) is 0 Å². The van der Waals surface area contributed by atoms with Crippen LogP contribution in [0.5, 0.6) is 0 Å². The minimum atomic E-state index is -0.463. The maximum absolute atomic E-state index is 12.2. The lowest BCUT2D eigenvalue weighted by Crippen LogP contribution is -2.32. The number of hydrogen-bond acceptors (Lipinski definition) is 6. The van der Waals surface area contributed by atoms with Crippen LogP contribution in [0, 0.1) is 0 Å². The van der Waals surface area contributed by atoms with E-state index in [0.717, 1.165) is 26.9 Å². The standard InChI is InChI=1S/C15H15N5O2S/c1-19(2)12-6-5-10(8-17-12)9-18-15(22)20-14(21)11-4-3-7-16-13(11)23-20/h3-8H,9H2,1-2H3,(H,18,22). The summed E-state index contributed by atoms with van der Waals surface area (Å²) < 4.78 is 1.08. The summed E-state index contributed by atoms with van der Waals surface area (Å²) in [6.45, 7) is 0.299. The Morgan fingerprint density at radius 2 is 2.13 bits per heavy atom. The molecule has 0 aliphatic carbocycles. The first-order valence-electron chi connectivity index (χ1n) is 6.94. The normalized spacial score (nSPS) is 10.7. The Morgan fingerprint density at radius 1 is 1.30 bits per heavy atom. The van der Waals surface area contributed by atoms with Gasteiger partial charge in [-0.25, -0.2) is 14.8 Å². The van der Waals surface area contributed by atoms with Crippen LogP contribution in [-0.4, -0.2) is 34.1 Å². The first-order valence-corrected chi connectivity index (χ1v) is 7.71. The van der Waals surface area contributed by atoms with Crippen molar-refractivity contribution >= 4 is 33.6 Å². The fourth-order valence-corrected chi connectivity index (χ4v) is 2.90.